The maximum atomic E-state index is 12.0. The van der Waals surface area contributed by atoms with Crippen LogP contribution in [0.4, 0.5) is 11.5 Å². The van der Waals surface area contributed by atoms with Crippen LogP contribution >= 0.6 is 11.6 Å². The molecule has 1 fully saturated rings. The zero-order valence-electron chi connectivity index (χ0n) is 11.5. The van der Waals surface area contributed by atoms with Crippen LogP contribution in [0.25, 0.3) is 0 Å². The highest BCUT2D eigenvalue weighted by atomic mass is 35.5. The minimum absolute atomic E-state index is 0.0619. The summed E-state index contributed by atoms with van der Waals surface area (Å²) >= 11 is 5.74. The van der Waals surface area contributed by atoms with Gasteiger partial charge in [0.2, 0.25) is 11.7 Å². The van der Waals surface area contributed by atoms with Crippen LogP contribution < -0.4 is 5.32 Å². The van der Waals surface area contributed by atoms with E-state index in [1.54, 1.807) is 0 Å². The number of anilines is 1. The second kappa shape index (κ2) is 7.21. The van der Waals surface area contributed by atoms with E-state index in [9.17, 15) is 14.9 Å². The molecule has 0 unspecified atom stereocenters. The quantitative estimate of drug-likeness (QED) is 0.512. The molecule has 0 radical (unpaired) electrons. The van der Waals surface area contributed by atoms with Crippen LogP contribution in [0, 0.1) is 10.1 Å². The third kappa shape index (κ3) is 4.29. The first-order valence-corrected chi connectivity index (χ1v) is 7.28. The van der Waals surface area contributed by atoms with E-state index in [1.165, 1.54) is 18.6 Å². The molecule has 2 heterocycles. The molecule has 1 aliphatic heterocycles. The summed E-state index contributed by atoms with van der Waals surface area (Å²) < 4.78 is 0. The third-order valence-electron chi connectivity index (χ3n) is 3.38. The van der Waals surface area contributed by atoms with Gasteiger partial charge in [0.25, 0.3) is 0 Å². The number of nitrogens with one attached hydrogen (secondary N) is 1. The molecule has 0 atom stereocenters. The molecular formula is C13H17ClN4O3. The Labute approximate surface area is 127 Å². The highest BCUT2D eigenvalue weighted by molar-refractivity contribution is 6.29. The van der Waals surface area contributed by atoms with Crippen LogP contribution in [0.15, 0.2) is 12.1 Å². The number of halogens is 1. The number of likely N-dealkylation sites (tertiary alicyclic amines) is 1. The van der Waals surface area contributed by atoms with Crippen LogP contribution in [0.5, 0.6) is 0 Å². The van der Waals surface area contributed by atoms with Gasteiger partial charge in [0.1, 0.15) is 5.15 Å². The second-order valence-corrected chi connectivity index (χ2v) is 5.26. The molecule has 1 aromatic heterocycles. The van der Waals surface area contributed by atoms with Crippen molar-refractivity contribution in [3.8, 4) is 0 Å². The summed E-state index contributed by atoms with van der Waals surface area (Å²) in [6.45, 7) is 1.90. The highest BCUT2D eigenvalue weighted by Gasteiger charge is 2.18. The number of hydrogen-bond donors (Lipinski definition) is 1. The zero-order chi connectivity index (χ0) is 15.2. The van der Waals surface area contributed by atoms with Crippen molar-refractivity contribution in [1.82, 2.24) is 9.88 Å². The fourth-order valence-electron chi connectivity index (χ4n) is 2.29. The Morgan fingerprint density at radius 3 is 2.76 bits per heavy atom. The van der Waals surface area contributed by atoms with E-state index in [0.717, 1.165) is 25.9 Å². The maximum absolute atomic E-state index is 12.0. The summed E-state index contributed by atoms with van der Waals surface area (Å²) in [4.78, 5) is 28.1. The molecule has 0 aromatic carbocycles. The van der Waals surface area contributed by atoms with Crippen LogP contribution in [0.3, 0.4) is 0 Å². The summed E-state index contributed by atoms with van der Waals surface area (Å²) in [7, 11) is 0. The Morgan fingerprint density at radius 1 is 1.38 bits per heavy atom. The van der Waals surface area contributed by atoms with E-state index >= 15 is 0 Å². The van der Waals surface area contributed by atoms with Gasteiger partial charge in [0.15, 0.2) is 0 Å². The number of carbonyl (C=O) groups excluding carboxylic acids is 1. The SMILES string of the molecule is O=C(CCNc1nc(Cl)ccc1[N+](=O)[O-])N1CCCCC1. The predicted octanol–water partition coefficient (Wildman–Crippen LogP) is 2.46. The highest BCUT2D eigenvalue weighted by Crippen LogP contribution is 2.23. The van der Waals surface area contributed by atoms with E-state index in [1.807, 2.05) is 4.90 Å². The lowest BCUT2D eigenvalue weighted by molar-refractivity contribution is -0.384. The summed E-state index contributed by atoms with van der Waals surface area (Å²) in [5.74, 6) is 0.158. The first-order valence-electron chi connectivity index (χ1n) is 6.90. The summed E-state index contributed by atoms with van der Waals surface area (Å²) in [6, 6.07) is 2.66. The molecule has 114 valence electrons. The topological polar surface area (TPSA) is 88.4 Å². The van der Waals surface area contributed by atoms with Gasteiger partial charge in [-0.25, -0.2) is 4.98 Å². The lowest BCUT2D eigenvalue weighted by atomic mass is 10.1. The summed E-state index contributed by atoms with van der Waals surface area (Å²) in [6.07, 6.45) is 3.53. The van der Waals surface area contributed by atoms with Gasteiger partial charge in [0, 0.05) is 32.1 Å². The van der Waals surface area contributed by atoms with Gasteiger partial charge in [-0.15, -0.1) is 0 Å². The first kappa shape index (κ1) is 15.5. The number of nitro groups is 1. The Balaban J connectivity index is 1.89. The third-order valence-corrected chi connectivity index (χ3v) is 3.59. The maximum Gasteiger partial charge on any atom is 0.311 e. The Hall–Kier alpha value is -1.89. The van der Waals surface area contributed by atoms with Crippen LogP contribution in [0.1, 0.15) is 25.7 Å². The molecule has 1 aromatic rings. The standard InChI is InChI=1S/C13H17ClN4O3/c14-11-5-4-10(18(20)21)13(16-11)15-7-6-12(19)17-8-2-1-3-9-17/h4-5H,1-3,6-9H2,(H,15,16). The minimum atomic E-state index is -0.530. The van der Waals surface area contributed by atoms with Gasteiger partial charge in [0.05, 0.1) is 4.92 Å². The second-order valence-electron chi connectivity index (χ2n) is 4.88. The molecule has 0 bridgehead atoms. The van der Waals surface area contributed by atoms with Crippen molar-refractivity contribution in [2.45, 2.75) is 25.7 Å². The average Bonchev–Trinajstić information content (AvgIpc) is 2.48. The molecule has 0 saturated carbocycles. The smallest absolute Gasteiger partial charge is 0.311 e. The molecule has 2 rings (SSSR count). The molecule has 0 aliphatic carbocycles. The molecule has 0 spiro atoms. The normalized spacial score (nSPS) is 14.8. The van der Waals surface area contributed by atoms with Crippen molar-refractivity contribution in [3.05, 3.63) is 27.4 Å². The van der Waals surface area contributed by atoms with E-state index in [0.29, 0.717) is 6.54 Å². The van der Waals surface area contributed by atoms with E-state index in [-0.39, 0.29) is 29.0 Å². The molecule has 8 heteroatoms. The Morgan fingerprint density at radius 2 is 2.10 bits per heavy atom. The Bertz CT molecular complexity index is 532. The number of aromatic nitrogens is 1. The van der Waals surface area contributed by atoms with Gasteiger partial charge in [-0.3, -0.25) is 14.9 Å². The van der Waals surface area contributed by atoms with Crippen molar-refractivity contribution in [2.75, 3.05) is 25.0 Å². The summed E-state index contributed by atoms with van der Waals surface area (Å²) in [5, 5.41) is 13.9. The van der Waals surface area contributed by atoms with Gasteiger partial charge in [-0.2, -0.15) is 0 Å². The molecule has 1 saturated heterocycles. The number of piperidine rings is 1. The molecular weight excluding hydrogens is 296 g/mol. The number of rotatable bonds is 5. The minimum Gasteiger partial charge on any atom is -0.364 e. The van der Waals surface area contributed by atoms with E-state index in [4.69, 9.17) is 11.6 Å². The Kier molecular flexibility index (Phi) is 5.32. The fraction of sp³-hybridized carbons (Fsp3) is 0.538. The predicted molar refractivity (Wildman–Crippen MR) is 79.4 cm³/mol. The first-order chi connectivity index (χ1) is 10.1. The monoisotopic (exact) mass is 312 g/mol. The van der Waals surface area contributed by atoms with Crippen molar-refractivity contribution in [3.63, 3.8) is 0 Å². The van der Waals surface area contributed by atoms with Crippen molar-refractivity contribution in [2.24, 2.45) is 0 Å². The van der Waals surface area contributed by atoms with Gasteiger partial charge in [-0.1, -0.05) is 11.6 Å². The molecule has 1 aliphatic rings. The van der Waals surface area contributed by atoms with Crippen molar-refractivity contribution >= 4 is 29.0 Å². The zero-order valence-corrected chi connectivity index (χ0v) is 12.3. The average molecular weight is 313 g/mol. The number of nitrogens with zero attached hydrogens (tertiary/aromatic N) is 3. The van der Waals surface area contributed by atoms with Crippen LogP contribution in [-0.2, 0) is 4.79 Å². The molecule has 1 amide bonds. The van der Waals surface area contributed by atoms with E-state index < -0.39 is 4.92 Å². The number of carbonyl (C=O) groups is 1. The van der Waals surface area contributed by atoms with Crippen LogP contribution in [0.2, 0.25) is 5.15 Å². The molecule has 1 N–H and O–H groups in total. The number of amides is 1. The molecule has 21 heavy (non-hydrogen) atoms. The van der Waals surface area contributed by atoms with Crippen LogP contribution in [-0.4, -0.2) is 40.3 Å². The molecule has 7 nitrogen and oxygen atoms in total. The van der Waals surface area contributed by atoms with E-state index in [2.05, 4.69) is 10.3 Å². The van der Waals surface area contributed by atoms with Gasteiger partial charge < -0.3 is 10.2 Å². The van der Waals surface area contributed by atoms with Crippen molar-refractivity contribution < 1.29 is 9.72 Å². The fourth-order valence-corrected chi connectivity index (χ4v) is 2.44. The lowest BCUT2D eigenvalue weighted by Gasteiger charge is -2.26. The van der Waals surface area contributed by atoms with Gasteiger partial charge in [-0.05, 0) is 25.3 Å². The largest absolute Gasteiger partial charge is 0.364 e. The lowest BCUT2D eigenvalue weighted by Crippen LogP contribution is -2.36. The van der Waals surface area contributed by atoms with Gasteiger partial charge >= 0.3 is 5.69 Å². The summed E-state index contributed by atoms with van der Waals surface area (Å²) in [5.41, 5.74) is -0.148. The number of hydrogen-bond acceptors (Lipinski definition) is 5. The number of pyridine rings is 1. The van der Waals surface area contributed by atoms with Crippen molar-refractivity contribution in [1.29, 1.82) is 0 Å².